The number of ether oxygens (including phenoxy) is 1. The van der Waals surface area contributed by atoms with Gasteiger partial charge in [0.15, 0.2) is 0 Å². The van der Waals surface area contributed by atoms with Gasteiger partial charge in [0.05, 0.1) is 18.2 Å². The Morgan fingerprint density at radius 3 is 2.59 bits per heavy atom. The van der Waals surface area contributed by atoms with Crippen LogP contribution < -0.4 is 11.2 Å². The first-order chi connectivity index (χ1) is 16.6. The third-order valence-corrected chi connectivity index (χ3v) is 6.45. The summed E-state index contributed by atoms with van der Waals surface area (Å²) in [5.74, 6) is -0.350. The largest absolute Gasteiger partial charge is 0.480 e. The van der Waals surface area contributed by atoms with Crippen molar-refractivity contribution in [1.82, 2.24) is 10.4 Å². The molecule has 2 saturated heterocycles. The van der Waals surface area contributed by atoms with Crippen LogP contribution in [0.2, 0.25) is 0 Å². The molecule has 0 spiro atoms. The molecule has 4 rings (SSSR count). The highest BCUT2D eigenvalue weighted by Gasteiger charge is 2.30. The zero-order valence-corrected chi connectivity index (χ0v) is 19.4. The Kier molecular flexibility index (Phi) is 8.65. The Morgan fingerprint density at radius 2 is 1.88 bits per heavy atom. The van der Waals surface area contributed by atoms with Crippen molar-refractivity contribution < 1.29 is 19.5 Å². The lowest BCUT2D eigenvalue weighted by molar-refractivity contribution is -0.145. The van der Waals surface area contributed by atoms with E-state index in [1.54, 1.807) is 0 Å². The Balaban J connectivity index is 1.20. The third-order valence-electron chi connectivity index (χ3n) is 6.45. The van der Waals surface area contributed by atoms with Crippen LogP contribution in [0.5, 0.6) is 0 Å². The molecule has 0 aromatic heterocycles. The van der Waals surface area contributed by atoms with Gasteiger partial charge in [0.25, 0.3) is 0 Å². The Hall–Kier alpha value is -2.78. The van der Waals surface area contributed by atoms with Gasteiger partial charge in [0.1, 0.15) is 12.4 Å². The Bertz CT molecular complexity index is 943. The number of carboxylic acid groups (broad SMARTS) is 1. The average Bonchev–Trinajstić information content (AvgIpc) is 3.33. The normalized spacial score (nSPS) is 22.2. The van der Waals surface area contributed by atoms with E-state index in [1.165, 1.54) is 11.1 Å². The number of carbonyl (C=O) groups is 1. The molecule has 2 aliphatic heterocycles. The van der Waals surface area contributed by atoms with Gasteiger partial charge in [-0.15, -0.1) is 0 Å². The van der Waals surface area contributed by atoms with E-state index in [0.717, 1.165) is 50.9 Å². The van der Waals surface area contributed by atoms with Crippen LogP contribution in [-0.2, 0) is 20.8 Å². The van der Waals surface area contributed by atoms with Crippen molar-refractivity contribution in [3.05, 3.63) is 71.3 Å². The molecule has 2 aliphatic rings. The van der Waals surface area contributed by atoms with Crippen LogP contribution >= 0.6 is 0 Å². The van der Waals surface area contributed by atoms with Crippen molar-refractivity contribution in [1.29, 1.82) is 0 Å². The van der Waals surface area contributed by atoms with Gasteiger partial charge in [-0.05, 0) is 36.8 Å². The van der Waals surface area contributed by atoms with Crippen molar-refractivity contribution in [2.24, 2.45) is 10.7 Å². The summed E-state index contributed by atoms with van der Waals surface area (Å²) in [6, 6.07) is 18.6. The highest BCUT2D eigenvalue weighted by atomic mass is 16.7. The third kappa shape index (κ3) is 7.11. The number of hydrogen-bond acceptors (Lipinski definition) is 6. The standard InChI is InChI=1S/C26H34N4O4/c27-26(28-13-10-19-4-2-1-3-5-19)21-8-6-20(7-9-21)24-16-23(34-29-24)17-30-14-11-22(12-15-30)33-18-25(31)32/h1-9,22-24,29H,10-18H2,(H2,27,28)(H,31,32). The molecule has 2 unspecified atom stereocenters. The minimum Gasteiger partial charge on any atom is -0.480 e. The Labute approximate surface area is 200 Å². The van der Waals surface area contributed by atoms with E-state index in [4.69, 9.17) is 20.4 Å². The number of rotatable bonds is 10. The van der Waals surface area contributed by atoms with Crippen molar-refractivity contribution in [2.45, 2.75) is 43.9 Å². The number of aliphatic carboxylic acids is 1. The number of hydroxylamine groups is 1. The van der Waals surface area contributed by atoms with Crippen LogP contribution in [0.25, 0.3) is 0 Å². The van der Waals surface area contributed by atoms with Crippen molar-refractivity contribution in [3.63, 3.8) is 0 Å². The van der Waals surface area contributed by atoms with Crippen molar-refractivity contribution in [3.8, 4) is 0 Å². The second kappa shape index (κ2) is 12.1. The fraction of sp³-hybridized carbons (Fsp3) is 0.462. The number of likely N-dealkylation sites (tertiary alicyclic amines) is 1. The van der Waals surface area contributed by atoms with Gasteiger partial charge in [-0.3, -0.25) is 9.83 Å². The predicted molar refractivity (Wildman–Crippen MR) is 131 cm³/mol. The number of nitrogens with zero attached hydrogens (tertiary/aromatic N) is 2. The van der Waals surface area contributed by atoms with E-state index >= 15 is 0 Å². The lowest BCUT2D eigenvalue weighted by atomic mass is 10.00. The van der Waals surface area contributed by atoms with Crippen LogP contribution in [0.4, 0.5) is 0 Å². The smallest absolute Gasteiger partial charge is 0.329 e. The zero-order chi connectivity index (χ0) is 23.8. The first-order valence-corrected chi connectivity index (χ1v) is 12.0. The molecule has 34 heavy (non-hydrogen) atoms. The van der Waals surface area contributed by atoms with Crippen LogP contribution in [0, 0.1) is 0 Å². The molecule has 182 valence electrons. The number of nitrogens with two attached hydrogens (primary N) is 1. The van der Waals surface area contributed by atoms with Gasteiger partial charge in [0, 0.05) is 31.7 Å². The second-order valence-electron chi connectivity index (χ2n) is 8.98. The molecule has 8 nitrogen and oxygen atoms in total. The van der Waals surface area contributed by atoms with Gasteiger partial charge >= 0.3 is 5.97 Å². The van der Waals surface area contributed by atoms with Crippen LogP contribution in [0.15, 0.2) is 59.6 Å². The average molecular weight is 467 g/mol. The first-order valence-electron chi connectivity index (χ1n) is 12.0. The highest BCUT2D eigenvalue weighted by Crippen LogP contribution is 2.27. The molecule has 4 N–H and O–H groups in total. The molecule has 2 aromatic rings. The molecular formula is C26H34N4O4. The number of piperidine rings is 1. The fourth-order valence-corrected chi connectivity index (χ4v) is 4.52. The summed E-state index contributed by atoms with van der Waals surface area (Å²) in [4.78, 5) is 23.4. The van der Waals surface area contributed by atoms with Gasteiger partial charge in [-0.1, -0.05) is 54.6 Å². The van der Waals surface area contributed by atoms with E-state index in [-0.39, 0.29) is 24.9 Å². The molecule has 2 aromatic carbocycles. The second-order valence-corrected chi connectivity index (χ2v) is 8.98. The van der Waals surface area contributed by atoms with Crippen molar-refractivity contribution >= 4 is 11.8 Å². The summed E-state index contributed by atoms with van der Waals surface area (Å²) in [5.41, 5.74) is 12.7. The first kappa shape index (κ1) is 24.3. The minimum absolute atomic E-state index is 0.0375. The number of aliphatic imine (C=N–C) groups is 1. The number of hydrogen-bond donors (Lipinski definition) is 3. The maximum Gasteiger partial charge on any atom is 0.329 e. The summed E-state index contributed by atoms with van der Waals surface area (Å²) in [5, 5.41) is 8.75. The molecule has 8 heteroatoms. The fourth-order valence-electron chi connectivity index (χ4n) is 4.52. The molecule has 0 bridgehead atoms. The van der Waals surface area contributed by atoms with E-state index in [2.05, 4.69) is 39.6 Å². The number of benzene rings is 2. The quantitative estimate of drug-likeness (QED) is 0.365. The monoisotopic (exact) mass is 466 g/mol. The van der Waals surface area contributed by atoms with Gasteiger partial charge in [-0.25, -0.2) is 4.79 Å². The molecule has 0 aliphatic carbocycles. The van der Waals surface area contributed by atoms with Gasteiger partial charge in [0.2, 0.25) is 0 Å². The summed E-state index contributed by atoms with van der Waals surface area (Å²) in [6.45, 7) is 3.10. The summed E-state index contributed by atoms with van der Waals surface area (Å²) in [6.07, 6.45) is 3.63. The zero-order valence-electron chi connectivity index (χ0n) is 19.4. The number of amidine groups is 1. The molecule has 0 saturated carbocycles. The number of carboxylic acids is 1. The lowest BCUT2D eigenvalue weighted by Gasteiger charge is -2.32. The summed E-state index contributed by atoms with van der Waals surface area (Å²) >= 11 is 0. The van der Waals surface area contributed by atoms with Crippen LogP contribution in [0.1, 0.15) is 42.0 Å². The maximum absolute atomic E-state index is 10.7. The molecule has 0 amide bonds. The molecule has 0 radical (unpaired) electrons. The molecular weight excluding hydrogens is 432 g/mol. The minimum atomic E-state index is -0.912. The molecule has 2 fully saturated rings. The van der Waals surface area contributed by atoms with E-state index in [0.29, 0.717) is 12.4 Å². The van der Waals surface area contributed by atoms with Gasteiger partial charge < -0.3 is 20.5 Å². The lowest BCUT2D eigenvalue weighted by Crippen LogP contribution is -2.41. The SMILES string of the molecule is NC(=NCCc1ccccc1)c1ccc(C2CC(CN3CCC(OCC(=O)O)CC3)ON2)cc1. The summed E-state index contributed by atoms with van der Waals surface area (Å²) in [7, 11) is 0. The highest BCUT2D eigenvalue weighted by molar-refractivity contribution is 5.97. The number of nitrogens with one attached hydrogen (secondary N) is 1. The predicted octanol–water partition coefficient (Wildman–Crippen LogP) is 2.53. The topological polar surface area (TPSA) is 109 Å². The van der Waals surface area contributed by atoms with Crippen LogP contribution in [0.3, 0.4) is 0 Å². The molecule has 2 heterocycles. The van der Waals surface area contributed by atoms with Crippen LogP contribution in [-0.4, -0.2) is 66.8 Å². The summed E-state index contributed by atoms with van der Waals surface area (Å²) < 4.78 is 5.42. The van der Waals surface area contributed by atoms with E-state index < -0.39 is 5.97 Å². The molecule has 2 atom stereocenters. The van der Waals surface area contributed by atoms with E-state index in [9.17, 15) is 4.79 Å². The Morgan fingerprint density at radius 1 is 1.15 bits per heavy atom. The van der Waals surface area contributed by atoms with Gasteiger partial charge in [-0.2, -0.15) is 5.48 Å². The maximum atomic E-state index is 10.7. The van der Waals surface area contributed by atoms with E-state index in [1.807, 2.05) is 30.3 Å². The van der Waals surface area contributed by atoms with Crippen molar-refractivity contribution in [2.75, 3.05) is 32.8 Å².